The normalized spacial score (nSPS) is 19.6. The molecule has 11 rings (SSSR count). The second-order valence-electron chi connectivity index (χ2n) is 11.1. The van der Waals surface area contributed by atoms with Crippen molar-refractivity contribution in [2.45, 2.75) is 0 Å². The molecule has 232 valence electrons. The summed E-state index contributed by atoms with van der Waals surface area (Å²) in [5.41, 5.74) is -6.16. The summed E-state index contributed by atoms with van der Waals surface area (Å²) in [5, 5.41) is -6.09. The van der Waals surface area contributed by atoms with Gasteiger partial charge in [0.1, 0.15) is 11.2 Å². The van der Waals surface area contributed by atoms with Crippen molar-refractivity contribution >= 4 is 76.2 Å². The van der Waals surface area contributed by atoms with Crippen LogP contribution in [0.25, 0.3) is 110 Å². The monoisotopic (exact) mass is 663 g/mol. The van der Waals surface area contributed by atoms with E-state index in [1.54, 1.807) is 0 Å². The lowest BCUT2D eigenvalue weighted by atomic mass is 9.83. The van der Waals surface area contributed by atoms with Crippen LogP contribution in [-0.4, -0.2) is 0 Å². The Labute approximate surface area is 325 Å². The van der Waals surface area contributed by atoms with E-state index >= 15 is 0 Å². The Hall–Kier alpha value is -6.64. The van der Waals surface area contributed by atoms with Crippen LogP contribution in [0.3, 0.4) is 0 Å². The fourth-order valence-electron chi connectivity index (χ4n) is 6.45. The topological polar surface area (TPSA) is 26.3 Å². The van der Waals surface area contributed by atoms with Gasteiger partial charge in [-0.05, 0) is 89.9 Å². The van der Waals surface area contributed by atoms with Gasteiger partial charge in [0.05, 0.1) is 37.0 Å². The summed E-state index contributed by atoms with van der Waals surface area (Å²) in [7, 11) is 0. The summed E-state index contributed by atoms with van der Waals surface area (Å²) in [6.07, 6.45) is 0. The molecule has 0 amide bonds. The summed E-state index contributed by atoms with van der Waals surface area (Å²) in [6.45, 7) is 0. The first kappa shape index (κ1) is 12.0. The molecule has 0 saturated carbocycles. The van der Waals surface area contributed by atoms with Crippen LogP contribution >= 0.6 is 0 Å². The minimum atomic E-state index is -1.04. The largest absolute Gasteiger partial charge is 0.452 e. The maximum Gasteiger partial charge on any atom is 0.179 e. The van der Waals surface area contributed by atoms with E-state index in [1.165, 1.54) is 0 Å². The molecule has 0 unspecified atom stereocenters. The average Bonchev–Trinajstić information content (AvgIpc) is 4.22. The standard InChI is InChI=1S/C48H28O2/c1-2-13-29(14-3-1)30-25-26-32-31(27-30)15-12-22-34(32)44-35-17-4-6-19-37(35)45(38-20-7-5-18-36(38)44)41-28-40-33-16-8-10-23-42(33)49-47(40)48-46(41)39-21-9-11-24-43(39)50-48/h1-28H/i1D,2D,3D,4D,5D,6D,7D,8D,9D,11D,12D,13D,14D,15D,16D,17D,18D,19D,20D,21D,22D,23D,24D,25D,26D,27D,28D. The van der Waals surface area contributed by atoms with Crippen molar-refractivity contribution in [2.24, 2.45) is 0 Å². The lowest BCUT2D eigenvalue weighted by Gasteiger charge is -2.19. The van der Waals surface area contributed by atoms with Crippen molar-refractivity contribution < 1.29 is 45.8 Å². The molecule has 0 fully saturated rings. The Morgan fingerprint density at radius 3 is 1.74 bits per heavy atom. The van der Waals surface area contributed by atoms with E-state index in [9.17, 15) is 15.1 Å². The zero-order chi connectivity index (χ0) is 56.3. The second kappa shape index (κ2) is 10.4. The van der Waals surface area contributed by atoms with E-state index in [1.807, 2.05) is 0 Å². The average molecular weight is 664 g/mol. The summed E-state index contributed by atoms with van der Waals surface area (Å²) in [5.74, 6) is 0. The number of hydrogen-bond donors (Lipinski definition) is 0. The van der Waals surface area contributed by atoms with Gasteiger partial charge in [0.2, 0.25) is 0 Å². The number of para-hydroxylation sites is 2. The molecule has 11 aromatic rings. The van der Waals surface area contributed by atoms with Gasteiger partial charge in [-0.15, -0.1) is 0 Å². The van der Waals surface area contributed by atoms with Crippen LogP contribution in [0.2, 0.25) is 0 Å². The van der Waals surface area contributed by atoms with E-state index in [2.05, 4.69) is 0 Å². The molecule has 2 nitrogen and oxygen atoms in total. The number of rotatable bonds is 3. The Morgan fingerprint density at radius 1 is 0.360 bits per heavy atom. The molecule has 9 aromatic carbocycles. The van der Waals surface area contributed by atoms with Crippen molar-refractivity contribution in [1.29, 1.82) is 0 Å². The van der Waals surface area contributed by atoms with Gasteiger partial charge in [0, 0.05) is 21.5 Å². The first-order valence-electron chi connectivity index (χ1n) is 28.4. The van der Waals surface area contributed by atoms with E-state index < -0.39 is 262 Å². The zero-order valence-corrected chi connectivity index (χ0v) is 24.9. The van der Waals surface area contributed by atoms with E-state index in [4.69, 9.17) is 30.8 Å². The molecule has 0 bridgehead atoms. The van der Waals surface area contributed by atoms with Gasteiger partial charge < -0.3 is 8.83 Å². The fraction of sp³-hybridized carbons (Fsp3) is 0. The summed E-state index contributed by atoms with van der Waals surface area (Å²) in [4.78, 5) is 0. The lowest BCUT2D eigenvalue weighted by molar-refractivity contribution is 0.633. The molecule has 0 N–H and O–H groups in total. The SMILES string of the molecule is [2H]c1cc([2H])c2oc3c4oc5c([2H])c([2H])c([2H])c([2H])c5c4c(-c4c5c([2H])c([2H])c([2H])c([2H])c5c(-c5c([2H])c([2H])c([2H])c6c([2H])c(-c7c([2H])c([2H])c([2H])c([2H])c7[2H])c([2H])c([2H])c56)c5c([2H])c([2H])c([2H])c([2H])c45)c([2H])c3c2c1[2H]. The van der Waals surface area contributed by atoms with E-state index in [0.29, 0.717) is 0 Å². The molecule has 2 heteroatoms. The van der Waals surface area contributed by atoms with Gasteiger partial charge in [-0.2, -0.15) is 0 Å². The Morgan fingerprint density at radius 2 is 0.980 bits per heavy atom. The molecule has 0 radical (unpaired) electrons. The van der Waals surface area contributed by atoms with Crippen LogP contribution in [0.5, 0.6) is 0 Å². The second-order valence-corrected chi connectivity index (χ2v) is 11.1. The van der Waals surface area contributed by atoms with Crippen LogP contribution in [0.4, 0.5) is 0 Å². The van der Waals surface area contributed by atoms with Crippen molar-refractivity contribution in [3.05, 3.63) is 169 Å². The third-order valence-electron chi connectivity index (χ3n) is 8.48. The van der Waals surface area contributed by atoms with Crippen LogP contribution in [0.1, 0.15) is 37.0 Å². The molecule has 0 saturated heterocycles. The highest BCUT2D eigenvalue weighted by Crippen LogP contribution is 2.50. The van der Waals surface area contributed by atoms with Crippen LogP contribution in [0.15, 0.2) is 178 Å². The van der Waals surface area contributed by atoms with Crippen LogP contribution in [0, 0.1) is 0 Å². The molecule has 2 aromatic heterocycles. The minimum absolute atomic E-state index is 0.341. The molecule has 50 heavy (non-hydrogen) atoms. The van der Waals surface area contributed by atoms with Crippen molar-refractivity contribution in [1.82, 2.24) is 0 Å². The molecule has 0 atom stereocenters. The quantitative estimate of drug-likeness (QED) is 0.176. The highest BCUT2D eigenvalue weighted by Gasteiger charge is 2.24. The molecule has 0 aliphatic heterocycles. The Balaban J connectivity index is 1.49. The predicted molar refractivity (Wildman–Crippen MR) is 210 cm³/mol. The van der Waals surface area contributed by atoms with Gasteiger partial charge in [0.15, 0.2) is 11.2 Å². The molecule has 0 aliphatic carbocycles. The molecule has 2 heterocycles. The van der Waals surface area contributed by atoms with Gasteiger partial charge in [-0.25, -0.2) is 0 Å². The number of hydrogen-bond acceptors (Lipinski definition) is 2. The predicted octanol–water partition coefficient (Wildman–Crippen LogP) is 13.9. The first-order valence-corrected chi connectivity index (χ1v) is 14.9. The zero-order valence-electron chi connectivity index (χ0n) is 51.9. The Bertz CT molecular complexity index is 4600. The van der Waals surface area contributed by atoms with Gasteiger partial charge in [-0.1, -0.05) is 145 Å². The number of furan rings is 2. The highest BCUT2D eigenvalue weighted by molar-refractivity contribution is 6.30. The van der Waals surface area contributed by atoms with Crippen LogP contribution < -0.4 is 0 Å². The van der Waals surface area contributed by atoms with Gasteiger partial charge >= 0.3 is 0 Å². The third-order valence-corrected chi connectivity index (χ3v) is 8.48. The number of benzene rings is 9. The maximum atomic E-state index is 10.2. The van der Waals surface area contributed by atoms with Crippen molar-refractivity contribution in [2.75, 3.05) is 0 Å². The van der Waals surface area contributed by atoms with Gasteiger partial charge in [-0.3, -0.25) is 0 Å². The van der Waals surface area contributed by atoms with E-state index in [-0.39, 0.29) is 11.0 Å². The van der Waals surface area contributed by atoms with Crippen molar-refractivity contribution in [3.63, 3.8) is 0 Å². The molecular formula is C48H28O2. The maximum absolute atomic E-state index is 10.2. The number of fused-ring (bicyclic) bond motifs is 10. The fourth-order valence-corrected chi connectivity index (χ4v) is 6.45. The Kier molecular flexibility index (Phi) is 2.51. The summed E-state index contributed by atoms with van der Waals surface area (Å²) < 4.78 is 258. The highest BCUT2D eigenvalue weighted by atomic mass is 16.4. The van der Waals surface area contributed by atoms with E-state index in [0.717, 1.165) is 6.07 Å². The summed E-state index contributed by atoms with van der Waals surface area (Å²) >= 11 is 0. The van der Waals surface area contributed by atoms with Crippen molar-refractivity contribution in [3.8, 4) is 33.4 Å². The summed E-state index contributed by atoms with van der Waals surface area (Å²) in [6, 6.07) is -23.1. The van der Waals surface area contributed by atoms with Gasteiger partial charge in [0.25, 0.3) is 0 Å². The third kappa shape index (κ3) is 3.85. The van der Waals surface area contributed by atoms with Crippen LogP contribution in [-0.2, 0) is 0 Å². The minimum Gasteiger partial charge on any atom is -0.452 e. The first-order chi connectivity index (χ1) is 36.0. The molecule has 0 aliphatic rings. The molecular weight excluding hydrogens is 609 g/mol. The molecule has 0 spiro atoms. The smallest absolute Gasteiger partial charge is 0.179 e. The lowest BCUT2D eigenvalue weighted by Crippen LogP contribution is -1.92.